The van der Waals surface area contributed by atoms with Crippen LogP contribution in [0.3, 0.4) is 0 Å². The van der Waals surface area contributed by atoms with E-state index in [-0.39, 0.29) is 0 Å². The van der Waals surface area contributed by atoms with Crippen LogP contribution in [-0.2, 0) is 0 Å². The van der Waals surface area contributed by atoms with E-state index in [1.807, 2.05) is 0 Å². The van der Waals surface area contributed by atoms with Crippen LogP contribution in [0.5, 0.6) is 0 Å². The zero-order chi connectivity index (χ0) is 12.4. The molecule has 0 atom stereocenters. The number of thiocarbonyl (C=S) groups is 1. The summed E-state index contributed by atoms with van der Waals surface area (Å²) in [5.41, 5.74) is 0. The summed E-state index contributed by atoms with van der Waals surface area (Å²) in [6, 6.07) is 0. The van der Waals surface area contributed by atoms with E-state index in [1.54, 1.807) is 0 Å². The molecule has 0 saturated carbocycles. The number of unbranched alkanes of at least 4 members (excludes halogenated alkanes) is 2. The molecule has 0 aliphatic carbocycles. The van der Waals surface area contributed by atoms with Gasteiger partial charge in [0, 0.05) is 6.54 Å². The lowest BCUT2D eigenvalue weighted by atomic mass is 10.1. The minimum atomic E-state index is 0.755. The van der Waals surface area contributed by atoms with Gasteiger partial charge in [-0.05, 0) is 31.1 Å². The van der Waals surface area contributed by atoms with Crippen LogP contribution in [0.1, 0.15) is 66.2 Å². The smallest absolute Gasteiger partial charge is 0.0753 e. The van der Waals surface area contributed by atoms with E-state index in [9.17, 15) is 0 Å². The Labute approximate surface area is 107 Å². The summed E-state index contributed by atoms with van der Waals surface area (Å²) in [6.45, 7) is 10.1. The Kier molecular flexibility index (Phi) is 10.0. The maximum atomic E-state index is 5.28. The van der Waals surface area contributed by atoms with Crippen molar-refractivity contribution in [2.24, 2.45) is 11.8 Å². The second-order valence-electron chi connectivity index (χ2n) is 5.53. The third kappa shape index (κ3) is 12.0. The Morgan fingerprint density at radius 1 is 0.938 bits per heavy atom. The van der Waals surface area contributed by atoms with Crippen molar-refractivity contribution in [1.82, 2.24) is 5.32 Å². The molecule has 0 saturated heterocycles. The van der Waals surface area contributed by atoms with Gasteiger partial charge in [0.05, 0.1) is 4.99 Å². The van der Waals surface area contributed by atoms with Gasteiger partial charge in [0.1, 0.15) is 0 Å². The SMILES string of the molecule is CC(C)CCCCCNC(=S)CCC(C)C. The van der Waals surface area contributed by atoms with Crippen molar-refractivity contribution < 1.29 is 0 Å². The normalized spacial score (nSPS) is 11.1. The molecular weight excluding hydrogens is 214 g/mol. The van der Waals surface area contributed by atoms with Crippen LogP contribution < -0.4 is 5.32 Å². The summed E-state index contributed by atoms with van der Waals surface area (Å²) in [4.78, 5) is 1.05. The Balaban J connectivity index is 3.21. The Morgan fingerprint density at radius 3 is 2.12 bits per heavy atom. The fourth-order valence-electron chi connectivity index (χ4n) is 1.59. The average Bonchev–Trinajstić information content (AvgIpc) is 2.19. The summed E-state index contributed by atoms with van der Waals surface area (Å²) >= 11 is 5.28. The lowest BCUT2D eigenvalue weighted by molar-refractivity contribution is 0.525. The second kappa shape index (κ2) is 10.1. The minimum absolute atomic E-state index is 0.755. The highest BCUT2D eigenvalue weighted by Crippen LogP contribution is 2.08. The zero-order valence-corrected chi connectivity index (χ0v) is 12.3. The van der Waals surface area contributed by atoms with E-state index in [0.29, 0.717) is 0 Å². The van der Waals surface area contributed by atoms with Gasteiger partial charge in [-0.1, -0.05) is 59.2 Å². The summed E-state index contributed by atoms with van der Waals surface area (Å²) in [6.07, 6.45) is 7.57. The third-order valence-electron chi connectivity index (χ3n) is 2.73. The Morgan fingerprint density at radius 2 is 1.56 bits per heavy atom. The van der Waals surface area contributed by atoms with Crippen molar-refractivity contribution in [2.75, 3.05) is 6.54 Å². The molecular formula is C14H29NS. The second-order valence-corrected chi connectivity index (χ2v) is 6.02. The predicted octanol–water partition coefficient (Wildman–Crippen LogP) is 4.56. The molecule has 0 aliphatic rings. The number of hydrogen-bond donors (Lipinski definition) is 1. The fourth-order valence-corrected chi connectivity index (χ4v) is 1.81. The highest BCUT2D eigenvalue weighted by molar-refractivity contribution is 7.80. The number of nitrogens with one attached hydrogen (secondary N) is 1. The Hall–Kier alpha value is -0.110. The minimum Gasteiger partial charge on any atom is -0.380 e. The number of hydrogen-bond acceptors (Lipinski definition) is 1. The van der Waals surface area contributed by atoms with Crippen molar-refractivity contribution in [3.63, 3.8) is 0 Å². The van der Waals surface area contributed by atoms with E-state index in [0.717, 1.165) is 29.8 Å². The molecule has 0 aliphatic heterocycles. The van der Waals surface area contributed by atoms with E-state index < -0.39 is 0 Å². The van der Waals surface area contributed by atoms with Crippen molar-refractivity contribution in [2.45, 2.75) is 66.2 Å². The van der Waals surface area contributed by atoms with Gasteiger partial charge in [-0.2, -0.15) is 0 Å². The first-order chi connectivity index (χ1) is 7.52. The van der Waals surface area contributed by atoms with Gasteiger partial charge in [-0.15, -0.1) is 0 Å². The van der Waals surface area contributed by atoms with Gasteiger partial charge in [0.15, 0.2) is 0 Å². The molecule has 0 spiro atoms. The molecule has 0 aromatic rings. The molecule has 0 aromatic carbocycles. The van der Waals surface area contributed by atoms with Crippen LogP contribution in [0, 0.1) is 11.8 Å². The molecule has 0 unspecified atom stereocenters. The highest BCUT2D eigenvalue weighted by atomic mass is 32.1. The van der Waals surface area contributed by atoms with Crippen molar-refractivity contribution >= 4 is 17.2 Å². The topological polar surface area (TPSA) is 12.0 Å². The largest absolute Gasteiger partial charge is 0.380 e. The van der Waals surface area contributed by atoms with Crippen LogP contribution in [0.15, 0.2) is 0 Å². The zero-order valence-electron chi connectivity index (χ0n) is 11.5. The van der Waals surface area contributed by atoms with Gasteiger partial charge in [0.25, 0.3) is 0 Å². The van der Waals surface area contributed by atoms with Crippen LogP contribution in [0.4, 0.5) is 0 Å². The van der Waals surface area contributed by atoms with E-state index in [2.05, 4.69) is 33.0 Å². The third-order valence-corrected chi connectivity index (χ3v) is 3.08. The summed E-state index contributed by atoms with van der Waals surface area (Å²) in [7, 11) is 0. The molecule has 0 heterocycles. The van der Waals surface area contributed by atoms with Gasteiger partial charge in [-0.25, -0.2) is 0 Å². The van der Waals surface area contributed by atoms with Crippen molar-refractivity contribution in [3.05, 3.63) is 0 Å². The first-order valence-corrected chi connectivity index (χ1v) is 7.20. The molecule has 16 heavy (non-hydrogen) atoms. The molecule has 1 nitrogen and oxygen atoms in total. The quantitative estimate of drug-likeness (QED) is 0.471. The lowest BCUT2D eigenvalue weighted by Gasteiger charge is -2.09. The maximum Gasteiger partial charge on any atom is 0.0753 e. The summed E-state index contributed by atoms with van der Waals surface area (Å²) in [5.74, 6) is 1.60. The average molecular weight is 243 g/mol. The number of rotatable bonds is 9. The van der Waals surface area contributed by atoms with E-state index >= 15 is 0 Å². The molecule has 96 valence electrons. The van der Waals surface area contributed by atoms with Gasteiger partial charge >= 0.3 is 0 Å². The van der Waals surface area contributed by atoms with Crippen molar-refractivity contribution in [3.8, 4) is 0 Å². The standard InChI is InChI=1S/C14H29NS/c1-12(2)8-6-5-7-11-15-14(16)10-9-13(3)4/h12-13H,5-11H2,1-4H3,(H,15,16). The van der Waals surface area contributed by atoms with Crippen LogP contribution >= 0.6 is 12.2 Å². The molecule has 0 bridgehead atoms. The fraction of sp³-hybridized carbons (Fsp3) is 0.929. The van der Waals surface area contributed by atoms with Gasteiger partial charge in [-0.3, -0.25) is 0 Å². The molecule has 0 radical (unpaired) electrons. The highest BCUT2D eigenvalue weighted by Gasteiger charge is 1.99. The summed E-state index contributed by atoms with van der Waals surface area (Å²) < 4.78 is 0. The van der Waals surface area contributed by atoms with Gasteiger partial charge < -0.3 is 5.32 Å². The molecule has 2 heteroatoms. The van der Waals surface area contributed by atoms with Crippen LogP contribution in [0.25, 0.3) is 0 Å². The molecule has 0 rings (SSSR count). The van der Waals surface area contributed by atoms with Crippen molar-refractivity contribution in [1.29, 1.82) is 0 Å². The lowest BCUT2D eigenvalue weighted by Crippen LogP contribution is -2.22. The van der Waals surface area contributed by atoms with E-state index in [4.69, 9.17) is 12.2 Å². The first kappa shape index (κ1) is 15.9. The molecule has 1 N–H and O–H groups in total. The van der Waals surface area contributed by atoms with Crippen LogP contribution in [0.2, 0.25) is 0 Å². The molecule has 0 amide bonds. The van der Waals surface area contributed by atoms with Crippen LogP contribution in [-0.4, -0.2) is 11.5 Å². The monoisotopic (exact) mass is 243 g/mol. The molecule has 0 aromatic heterocycles. The van der Waals surface area contributed by atoms with Gasteiger partial charge in [0.2, 0.25) is 0 Å². The predicted molar refractivity (Wildman–Crippen MR) is 78.0 cm³/mol. The maximum absolute atomic E-state index is 5.28. The Bertz CT molecular complexity index is 176. The van der Waals surface area contributed by atoms with E-state index in [1.165, 1.54) is 32.1 Å². The first-order valence-electron chi connectivity index (χ1n) is 6.79. The molecule has 0 fully saturated rings. The summed E-state index contributed by atoms with van der Waals surface area (Å²) in [5, 5.41) is 3.36.